The molecule has 3 rings (SSSR count). The summed E-state index contributed by atoms with van der Waals surface area (Å²) in [6.45, 7) is 6.22. The van der Waals surface area contributed by atoms with Gasteiger partial charge < -0.3 is 4.74 Å². The molecule has 0 spiro atoms. The zero-order valence-electron chi connectivity index (χ0n) is 11.9. The highest BCUT2D eigenvalue weighted by Gasteiger charge is 2.20. The lowest BCUT2D eigenvalue weighted by Gasteiger charge is -2.19. The van der Waals surface area contributed by atoms with Crippen molar-refractivity contribution in [2.45, 2.75) is 26.3 Å². The van der Waals surface area contributed by atoms with Crippen LogP contribution in [0.3, 0.4) is 0 Å². The fourth-order valence-corrected chi connectivity index (χ4v) is 1.96. The van der Waals surface area contributed by atoms with Crippen LogP contribution >= 0.6 is 0 Å². The van der Waals surface area contributed by atoms with Crippen molar-refractivity contribution in [3.05, 3.63) is 24.9 Å². The predicted molar refractivity (Wildman–Crippen MR) is 73.6 cm³/mol. The molecule has 0 aliphatic heterocycles. The predicted octanol–water partition coefficient (Wildman–Crippen LogP) is 2.11. The molecule has 3 aromatic heterocycles. The number of hydrogen-bond donors (Lipinski definition) is 0. The summed E-state index contributed by atoms with van der Waals surface area (Å²) in [5.74, 6) is 1.12. The molecule has 0 aliphatic rings. The van der Waals surface area contributed by atoms with Crippen LogP contribution < -0.4 is 4.74 Å². The van der Waals surface area contributed by atoms with Crippen LogP contribution in [-0.2, 0) is 12.6 Å². The van der Waals surface area contributed by atoms with Crippen molar-refractivity contribution in [2.75, 3.05) is 0 Å². The van der Waals surface area contributed by atoms with Crippen LogP contribution in [0.1, 0.15) is 20.8 Å². The molecule has 3 aromatic rings. The van der Waals surface area contributed by atoms with Gasteiger partial charge in [0.05, 0.1) is 24.1 Å². The Kier molecular flexibility index (Phi) is 2.70. The Morgan fingerprint density at radius 3 is 2.55 bits per heavy atom. The van der Waals surface area contributed by atoms with Crippen LogP contribution in [0.4, 0.5) is 0 Å². The van der Waals surface area contributed by atoms with E-state index in [1.807, 2.05) is 11.7 Å². The molecule has 0 amide bonds. The topological polar surface area (TPSA) is 70.7 Å². The number of aryl methyl sites for hydroxylation is 1. The van der Waals surface area contributed by atoms with E-state index in [9.17, 15) is 0 Å². The first-order valence-electron chi connectivity index (χ1n) is 6.31. The van der Waals surface area contributed by atoms with Crippen LogP contribution in [-0.4, -0.2) is 29.5 Å². The lowest BCUT2D eigenvalue weighted by atomic mass is 10.1. The van der Waals surface area contributed by atoms with E-state index in [1.54, 1.807) is 23.3 Å². The van der Waals surface area contributed by atoms with E-state index in [-0.39, 0.29) is 5.54 Å². The van der Waals surface area contributed by atoms with Gasteiger partial charge in [0, 0.05) is 7.05 Å². The van der Waals surface area contributed by atoms with Crippen LogP contribution in [0.15, 0.2) is 24.9 Å². The number of fused-ring (bicyclic) bond motifs is 1. The van der Waals surface area contributed by atoms with Gasteiger partial charge in [0.1, 0.15) is 11.7 Å². The molecule has 0 saturated heterocycles. The van der Waals surface area contributed by atoms with E-state index >= 15 is 0 Å². The van der Waals surface area contributed by atoms with Crippen molar-refractivity contribution in [1.82, 2.24) is 29.5 Å². The van der Waals surface area contributed by atoms with Gasteiger partial charge in [0.25, 0.3) is 0 Å². The maximum atomic E-state index is 5.75. The molecule has 0 unspecified atom stereocenters. The van der Waals surface area contributed by atoms with Gasteiger partial charge in [-0.1, -0.05) is 0 Å². The van der Waals surface area contributed by atoms with Gasteiger partial charge in [-0.05, 0) is 20.8 Å². The summed E-state index contributed by atoms with van der Waals surface area (Å²) >= 11 is 0. The van der Waals surface area contributed by atoms with Gasteiger partial charge >= 0.3 is 0 Å². The molecule has 0 saturated carbocycles. The lowest BCUT2D eigenvalue weighted by Crippen LogP contribution is -2.23. The zero-order chi connectivity index (χ0) is 14.3. The second-order valence-corrected chi connectivity index (χ2v) is 5.60. The summed E-state index contributed by atoms with van der Waals surface area (Å²) in [4.78, 5) is 8.49. The zero-order valence-corrected chi connectivity index (χ0v) is 11.9. The second kappa shape index (κ2) is 4.29. The van der Waals surface area contributed by atoms with Gasteiger partial charge in [0.15, 0.2) is 11.4 Å². The van der Waals surface area contributed by atoms with Crippen molar-refractivity contribution in [3.63, 3.8) is 0 Å². The summed E-state index contributed by atoms with van der Waals surface area (Å²) in [5, 5.41) is 9.24. The van der Waals surface area contributed by atoms with Gasteiger partial charge in [0.2, 0.25) is 5.88 Å². The quantitative estimate of drug-likeness (QED) is 0.714. The Labute approximate surface area is 116 Å². The Hall–Kier alpha value is -2.44. The molecule has 104 valence electrons. The summed E-state index contributed by atoms with van der Waals surface area (Å²) in [6.07, 6.45) is 6.63. The Balaban J connectivity index is 2.06. The van der Waals surface area contributed by atoms with E-state index in [1.165, 1.54) is 6.33 Å². The standard InChI is InChI=1S/C13H16N6O/c1-13(2,3)19-11-10(6-17-19)12(15-8-14-11)20-9-5-16-18(4)7-9/h5-8H,1-4H3. The van der Waals surface area contributed by atoms with Crippen molar-refractivity contribution < 1.29 is 4.74 Å². The fraction of sp³-hybridized carbons (Fsp3) is 0.385. The highest BCUT2D eigenvalue weighted by atomic mass is 16.5. The third-order valence-electron chi connectivity index (χ3n) is 2.86. The van der Waals surface area contributed by atoms with Crippen LogP contribution in [0.2, 0.25) is 0 Å². The molecule has 3 heterocycles. The number of ether oxygens (including phenoxy) is 1. The first-order chi connectivity index (χ1) is 9.45. The average Bonchev–Trinajstić information content (AvgIpc) is 2.95. The molecule has 0 radical (unpaired) electrons. The van der Waals surface area contributed by atoms with Gasteiger partial charge in [-0.3, -0.25) is 4.68 Å². The monoisotopic (exact) mass is 272 g/mol. The molecule has 7 heteroatoms. The minimum atomic E-state index is -0.151. The first kappa shape index (κ1) is 12.6. The molecule has 0 bridgehead atoms. The molecule has 0 aliphatic carbocycles. The maximum Gasteiger partial charge on any atom is 0.233 e. The van der Waals surface area contributed by atoms with E-state index < -0.39 is 0 Å². The lowest BCUT2D eigenvalue weighted by molar-refractivity contribution is 0.365. The van der Waals surface area contributed by atoms with Gasteiger partial charge in [-0.25, -0.2) is 14.6 Å². The third kappa shape index (κ3) is 2.11. The summed E-state index contributed by atoms with van der Waals surface area (Å²) in [5.41, 5.74) is 0.605. The number of rotatable bonds is 2. The largest absolute Gasteiger partial charge is 0.435 e. The third-order valence-corrected chi connectivity index (χ3v) is 2.86. The summed E-state index contributed by atoms with van der Waals surface area (Å²) in [6, 6.07) is 0. The first-order valence-corrected chi connectivity index (χ1v) is 6.31. The minimum Gasteiger partial charge on any atom is -0.435 e. The minimum absolute atomic E-state index is 0.151. The van der Waals surface area contributed by atoms with Crippen molar-refractivity contribution in [1.29, 1.82) is 0 Å². The van der Waals surface area contributed by atoms with Crippen LogP contribution in [0.5, 0.6) is 11.6 Å². The van der Waals surface area contributed by atoms with Gasteiger partial charge in [-0.15, -0.1) is 0 Å². The maximum absolute atomic E-state index is 5.75. The van der Waals surface area contributed by atoms with E-state index in [4.69, 9.17) is 4.74 Å². The second-order valence-electron chi connectivity index (χ2n) is 5.60. The number of nitrogens with zero attached hydrogens (tertiary/aromatic N) is 6. The summed E-state index contributed by atoms with van der Waals surface area (Å²) < 4.78 is 9.28. The highest BCUT2D eigenvalue weighted by Crippen LogP contribution is 2.28. The fourth-order valence-electron chi connectivity index (χ4n) is 1.96. The molecular weight excluding hydrogens is 256 g/mol. The number of aromatic nitrogens is 6. The smallest absolute Gasteiger partial charge is 0.233 e. The van der Waals surface area contributed by atoms with Crippen molar-refractivity contribution in [2.24, 2.45) is 7.05 Å². The molecule has 20 heavy (non-hydrogen) atoms. The molecule has 0 N–H and O–H groups in total. The van der Waals surface area contributed by atoms with E-state index in [0.29, 0.717) is 11.6 Å². The molecular formula is C13H16N6O. The molecule has 0 aromatic carbocycles. The highest BCUT2D eigenvalue weighted by molar-refractivity contribution is 5.80. The molecule has 0 atom stereocenters. The van der Waals surface area contributed by atoms with Crippen LogP contribution in [0.25, 0.3) is 11.0 Å². The van der Waals surface area contributed by atoms with Crippen molar-refractivity contribution >= 4 is 11.0 Å². The van der Waals surface area contributed by atoms with E-state index in [2.05, 4.69) is 40.9 Å². The molecule has 0 fully saturated rings. The van der Waals surface area contributed by atoms with Gasteiger partial charge in [-0.2, -0.15) is 10.2 Å². The Morgan fingerprint density at radius 1 is 1.10 bits per heavy atom. The van der Waals surface area contributed by atoms with E-state index in [0.717, 1.165) is 11.0 Å². The Bertz CT molecular complexity index is 752. The Morgan fingerprint density at radius 2 is 1.90 bits per heavy atom. The van der Waals surface area contributed by atoms with Crippen LogP contribution in [0, 0.1) is 0 Å². The average molecular weight is 272 g/mol. The normalized spacial score (nSPS) is 12.0. The summed E-state index contributed by atoms with van der Waals surface area (Å²) in [7, 11) is 1.83. The number of hydrogen-bond acceptors (Lipinski definition) is 5. The molecule has 7 nitrogen and oxygen atoms in total. The SMILES string of the molecule is Cn1cc(Oc2ncnc3c2cnn3C(C)(C)C)cn1. The van der Waals surface area contributed by atoms with Crippen molar-refractivity contribution in [3.8, 4) is 11.6 Å².